The number of nitrogens with one attached hydrogen (secondary N) is 2. The Morgan fingerprint density at radius 2 is 2.06 bits per heavy atom. The molecule has 31 heavy (non-hydrogen) atoms. The Balaban J connectivity index is 0.000000339. The number of anilines is 1. The summed E-state index contributed by atoms with van der Waals surface area (Å²) in [4.78, 5) is 22.6. The summed E-state index contributed by atoms with van der Waals surface area (Å²) in [6.45, 7) is 2.36. The van der Waals surface area contributed by atoms with Gasteiger partial charge < -0.3 is 20.2 Å². The molecular weight excluding hydrogens is 461 g/mol. The van der Waals surface area contributed by atoms with E-state index < -0.39 is 12.1 Å². The molecular formula is C18H16ClF3N4O4S. The van der Waals surface area contributed by atoms with Gasteiger partial charge >= 0.3 is 12.1 Å². The van der Waals surface area contributed by atoms with E-state index in [-0.39, 0.29) is 5.91 Å². The van der Waals surface area contributed by atoms with Gasteiger partial charge in [0, 0.05) is 30.0 Å². The number of halogens is 4. The number of aliphatic carboxylic acids is 1. The minimum atomic E-state index is -5.08. The van der Waals surface area contributed by atoms with E-state index in [1.165, 1.54) is 28.5 Å². The number of hydrogen-bond donors (Lipinski definition) is 3. The van der Waals surface area contributed by atoms with Crippen molar-refractivity contribution in [2.75, 3.05) is 18.4 Å². The zero-order chi connectivity index (χ0) is 22.6. The van der Waals surface area contributed by atoms with Crippen LogP contribution in [0.5, 0.6) is 0 Å². The van der Waals surface area contributed by atoms with E-state index in [1.807, 2.05) is 18.2 Å². The van der Waals surface area contributed by atoms with Gasteiger partial charge in [-0.05, 0) is 18.2 Å². The molecule has 0 bridgehead atoms. The number of alkyl halides is 3. The van der Waals surface area contributed by atoms with Crippen LogP contribution >= 0.6 is 22.9 Å². The summed E-state index contributed by atoms with van der Waals surface area (Å²) in [6.07, 6.45) is -2.17. The Morgan fingerprint density at radius 1 is 1.35 bits per heavy atom. The molecule has 3 N–H and O–H groups in total. The topological polar surface area (TPSA) is 109 Å². The summed E-state index contributed by atoms with van der Waals surface area (Å²) < 4.78 is 38.9. The van der Waals surface area contributed by atoms with E-state index in [4.69, 9.17) is 25.9 Å². The lowest BCUT2D eigenvalue weighted by Gasteiger charge is -2.24. The van der Waals surface area contributed by atoms with Crippen molar-refractivity contribution in [2.24, 2.45) is 0 Å². The van der Waals surface area contributed by atoms with E-state index in [0.29, 0.717) is 23.8 Å². The maximum atomic E-state index is 12.7. The van der Waals surface area contributed by atoms with Gasteiger partial charge in [-0.1, -0.05) is 11.6 Å². The molecule has 0 aromatic carbocycles. The highest BCUT2D eigenvalue weighted by molar-refractivity contribution is 7.16. The molecule has 8 nitrogen and oxygen atoms in total. The van der Waals surface area contributed by atoms with Crippen LogP contribution in [0, 0.1) is 0 Å². The van der Waals surface area contributed by atoms with Crippen LogP contribution in [0.2, 0.25) is 4.34 Å². The Bertz CT molecular complexity index is 1040. The first-order chi connectivity index (χ1) is 14.6. The van der Waals surface area contributed by atoms with Gasteiger partial charge in [0.05, 0.1) is 28.4 Å². The lowest BCUT2D eigenvalue weighted by Crippen LogP contribution is -2.40. The molecule has 4 heterocycles. The fourth-order valence-electron chi connectivity index (χ4n) is 2.51. The Hall–Kier alpha value is -2.83. The van der Waals surface area contributed by atoms with Gasteiger partial charge in [0.1, 0.15) is 12.1 Å². The second-order valence-electron chi connectivity index (χ2n) is 6.40. The van der Waals surface area contributed by atoms with Crippen molar-refractivity contribution < 1.29 is 32.3 Å². The summed E-state index contributed by atoms with van der Waals surface area (Å²) in [6, 6.07) is 7.41. The Morgan fingerprint density at radius 3 is 2.55 bits per heavy atom. The van der Waals surface area contributed by atoms with Crippen molar-refractivity contribution in [3.8, 4) is 0 Å². The number of furan rings is 1. The van der Waals surface area contributed by atoms with Crippen molar-refractivity contribution in [3.63, 3.8) is 0 Å². The monoisotopic (exact) mass is 476 g/mol. The molecule has 13 heteroatoms. The first-order valence-electron chi connectivity index (χ1n) is 8.81. The summed E-state index contributed by atoms with van der Waals surface area (Å²) >= 11 is 7.48. The van der Waals surface area contributed by atoms with Crippen LogP contribution in [-0.2, 0) is 11.3 Å². The summed E-state index contributed by atoms with van der Waals surface area (Å²) in [5.41, 5.74) is 1.39. The average Bonchev–Trinajstić information content (AvgIpc) is 3.39. The molecule has 0 atom stereocenters. The number of nitrogens with zero attached hydrogens (tertiary/aromatic N) is 2. The fourth-order valence-corrected chi connectivity index (χ4v) is 3.54. The minimum Gasteiger partial charge on any atom is -0.475 e. The molecule has 0 unspecified atom stereocenters. The lowest BCUT2D eigenvalue weighted by molar-refractivity contribution is -0.192. The van der Waals surface area contributed by atoms with E-state index in [2.05, 4.69) is 15.7 Å². The molecule has 1 aliphatic heterocycles. The zero-order valence-corrected chi connectivity index (χ0v) is 17.2. The van der Waals surface area contributed by atoms with Gasteiger partial charge in [0.25, 0.3) is 5.91 Å². The van der Waals surface area contributed by atoms with E-state index in [1.54, 1.807) is 6.07 Å². The second-order valence-corrected chi connectivity index (χ2v) is 8.20. The van der Waals surface area contributed by atoms with Crippen molar-refractivity contribution >= 4 is 40.6 Å². The number of carboxylic acids is 1. The molecule has 0 aliphatic carbocycles. The molecule has 1 fully saturated rings. The maximum Gasteiger partial charge on any atom is 0.490 e. The highest BCUT2D eigenvalue weighted by Crippen LogP contribution is 2.25. The molecule has 0 amide bonds. The van der Waals surface area contributed by atoms with Crippen molar-refractivity contribution in [3.05, 3.63) is 57.3 Å². The van der Waals surface area contributed by atoms with Crippen LogP contribution in [-0.4, -0.2) is 46.0 Å². The van der Waals surface area contributed by atoms with Crippen LogP contribution in [0.15, 0.2) is 41.2 Å². The van der Waals surface area contributed by atoms with Crippen molar-refractivity contribution in [2.45, 2.75) is 18.6 Å². The van der Waals surface area contributed by atoms with Gasteiger partial charge in [0.2, 0.25) is 0 Å². The first kappa shape index (κ1) is 22.8. The average molecular weight is 477 g/mol. The number of aromatic nitrogens is 2. The molecule has 1 saturated heterocycles. The van der Waals surface area contributed by atoms with Crippen LogP contribution in [0.1, 0.15) is 26.8 Å². The number of thiophene rings is 1. The molecule has 3 aromatic heterocycles. The van der Waals surface area contributed by atoms with Crippen molar-refractivity contribution in [1.82, 2.24) is 15.1 Å². The SMILES string of the molecule is O=C(O)C(F)(F)F.O=C(c1ccoc1)n1nc(C2CNC2)cc1NCc1ccc(Cl)s1. The molecule has 0 radical (unpaired) electrons. The largest absolute Gasteiger partial charge is 0.490 e. The summed E-state index contributed by atoms with van der Waals surface area (Å²) in [7, 11) is 0. The van der Waals surface area contributed by atoms with Gasteiger partial charge in [-0.3, -0.25) is 4.79 Å². The van der Waals surface area contributed by atoms with Crippen LogP contribution in [0.25, 0.3) is 0 Å². The highest BCUT2D eigenvalue weighted by atomic mass is 35.5. The third-order valence-corrected chi connectivity index (χ3v) is 5.43. The summed E-state index contributed by atoms with van der Waals surface area (Å²) in [5.74, 6) is -1.95. The highest BCUT2D eigenvalue weighted by Gasteiger charge is 2.38. The Labute approximate surface area is 182 Å². The molecule has 0 spiro atoms. The molecule has 166 valence electrons. The molecule has 1 aliphatic rings. The molecule has 0 saturated carbocycles. The quantitative estimate of drug-likeness (QED) is 0.513. The lowest BCUT2D eigenvalue weighted by atomic mass is 10.00. The van der Waals surface area contributed by atoms with Gasteiger partial charge in [0.15, 0.2) is 0 Å². The van der Waals surface area contributed by atoms with Gasteiger partial charge in [-0.15, -0.1) is 11.3 Å². The van der Waals surface area contributed by atoms with Crippen molar-refractivity contribution in [1.29, 1.82) is 0 Å². The summed E-state index contributed by atoms with van der Waals surface area (Å²) in [5, 5.41) is 18.1. The zero-order valence-electron chi connectivity index (χ0n) is 15.6. The van der Waals surface area contributed by atoms with Gasteiger partial charge in [-0.2, -0.15) is 23.0 Å². The third-order valence-electron chi connectivity index (χ3n) is 4.20. The third kappa shape index (κ3) is 5.87. The normalized spacial score (nSPS) is 13.8. The predicted octanol–water partition coefficient (Wildman–Crippen LogP) is 3.81. The van der Waals surface area contributed by atoms with E-state index in [9.17, 15) is 18.0 Å². The molecule has 4 rings (SSSR count). The fraction of sp³-hybridized carbons (Fsp3) is 0.278. The van der Waals surface area contributed by atoms with Crippen LogP contribution in [0.3, 0.4) is 0 Å². The first-order valence-corrected chi connectivity index (χ1v) is 10.0. The van der Waals surface area contributed by atoms with E-state index in [0.717, 1.165) is 28.0 Å². The van der Waals surface area contributed by atoms with Crippen LogP contribution in [0.4, 0.5) is 19.0 Å². The standard InChI is InChI=1S/C16H15ClN4O2S.C2HF3O2/c17-14-2-1-12(24-14)8-19-15-5-13(11-6-18-7-11)20-21(15)16(22)10-3-4-23-9-10;3-2(4,5)1(6)7/h1-5,9,11,18-19H,6-8H2;(H,6,7). The predicted molar refractivity (Wildman–Crippen MR) is 107 cm³/mol. The number of rotatable bonds is 5. The number of carboxylic acid groups (broad SMARTS) is 1. The van der Waals surface area contributed by atoms with E-state index >= 15 is 0 Å². The smallest absolute Gasteiger partial charge is 0.475 e. The van der Waals surface area contributed by atoms with Gasteiger partial charge in [-0.25, -0.2) is 4.79 Å². The Kier molecular flexibility index (Phi) is 7.03. The number of hydrogen-bond acceptors (Lipinski definition) is 7. The second kappa shape index (κ2) is 9.54. The maximum absolute atomic E-state index is 12.7. The van der Waals surface area contributed by atoms with Crippen LogP contribution < -0.4 is 10.6 Å². The molecule has 3 aromatic rings. The number of carbonyl (C=O) groups is 2. The minimum absolute atomic E-state index is 0.214. The number of carbonyl (C=O) groups excluding carboxylic acids is 1.